The van der Waals surface area contributed by atoms with Gasteiger partial charge >= 0.3 is 0 Å². The molecule has 1 aliphatic heterocycles. The molecule has 1 aromatic heterocycles. The lowest BCUT2D eigenvalue weighted by Gasteiger charge is -2.35. The molecule has 4 rings (SSSR count). The highest BCUT2D eigenvalue weighted by molar-refractivity contribution is 5.96. The van der Waals surface area contributed by atoms with Gasteiger partial charge in [0.1, 0.15) is 11.4 Å². The number of hydrogen-bond acceptors (Lipinski definition) is 3. The summed E-state index contributed by atoms with van der Waals surface area (Å²) in [5.74, 6) is 0.0249. The van der Waals surface area contributed by atoms with Crippen LogP contribution in [0, 0.1) is 12.7 Å². The molecule has 5 heteroatoms. The minimum atomic E-state index is -0.227. The zero-order chi connectivity index (χ0) is 17.4. The average molecular weight is 338 g/mol. The Kier molecular flexibility index (Phi) is 3.92. The van der Waals surface area contributed by atoms with Crippen molar-refractivity contribution in [1.29, 1.82) is 0 Å². The zero-order valence-electron chi connectivity index (χ0n) is 14.0. The van der Waals surface area contributed by atoms with E-state index in [-0.39, 0.29) is 11.7 Å². The topological polar surface area (TPSA) is 36.7 Å². The minimum Gasteiger partial charge on any atom is -0.451 e. The predicted molar refractivity (Wildman–Crippen MR) is 95.5 cm³/mol. The quantitative estimate of drug-likeness (QED) is 0.712. The van der Waals surface area contributed by atoms with Crippen LogP contribution >= 0.6 is 0 Å². The molecule has 0 atom stereocenters. The molecule has 0 aliphatic carbocycles. The van der Waals surface area contributed by atoms with Gasteiger partial charge in [0.2, 0.25) is 0 Å². The summed E-state index contributed by atoms with van der Waals surface area (Å²) in [7, 11) is 0. The summed E-state index contributed by atoms with van der Waals surface area (Å²) < 4.78 is 19.6. The number of hydrogen-bond donors (Lipinski definition) is 0. The molecular formula is C20H19FN2O2. The molecule has 0 N–H and O–H groups in total. The summed E-state index contributed by atoms with van der Waals surface area (Å²) in [6.07, 6.45) is 0. The number of furan rings is 1. The van der Waals surface area contributed by atoms with Gasteiger partial charge in [-0.05, 0) is 36.8 Å². The van der Waals surface area contributed by atoms with Gasteiger partial charge in [0.05, 0.1) is 5.69 Å². The Morgan fingerprint density at radius 2 is 1.80 bits per heavy atom. The third kappa shape index (κ3) is 2.97. The van der Waals surface area contributed by atoms with Gasteiger partial charge in [0.25, 0.3) is 5.91 Å². The Hall–Kier alpha value is -2.82. The zero-order valence-corrected chi connectivity index (χ0v) is 14.0. The van der Waals surface area contributed by atoms with Crippen LogP contribution < -0.4 is 4.90 Å². The number of amides is 1. The van der Waals surface area contributed by atoms with Crippen LogP contribution in [-0.4, -0.2) is 37.0 Å². The molecule has 0 unspecified atom stereocenters. The van der Waals surface area contributed by atoms with Gasteiger partial charge in [0, 0.05) is 31.6 Å². The fraction of sp³-hybridized carbons (Fsp3) is 0.250. The molecule has 1 saturated heterocycles. The Labute approximate surface area is 145 Å². The maximum Gasteiger partial charge on any atom is 0.289 e. The monoisotopic (exact) mass is 338 g/mol. The number of fused-ring (bicyclic) bond motifs is 1. The molecule has 0 radical (unpaired) electrons. The molecule has 1 aliphatic rings. The number of carbonyl (C=O) groups excluding carboxylic acids is 1. The largest absolute Gasteiger partial charge is 0.451 e. The number of nitrogens with zero attached hydrogens (tertiary/aromatic N) is 2. The van der Waals surface area contributed by atoms with Crippen molar-refractivity contribution in [3.8, 4) is 0 Å². The molecule has 0 saturated carbocycles. The van der Waals surface area contributed by atoms with Crippen molar-refractivity contribution in [3.05, 3.63) is 65.7 Å². The van der Waals surface area contributed by atoms with E-state index in [4.69, 9.17) is 4.42 Å². The standard InChI is InChI=1S/C20H19FN2O2/c1-14-6-7-15-13-19(25-18(15)12-14)20(24)23-10-8-22(9-11-23)17-5-3-2-4-16(17)21/h2-7,12-13H,8-11H2,1H3. The van der Waals surface area contributed by atoms with Crippen molar-refractivity contribution in [2.75, 3.05) is 31.1 Å². The Bertz CT molecular complexity index is 926. The number of anilines is 1. The first-order valence-corrected chi connectivity index (χ1v) is 8.41. The number of piperazine rings is 1. The highest BCUT2D eigenvalue weighted by atomic mass is 19.1. The van der Waals surface area contributed by atoms with Gasteiger partial charge in [-0.1, -0.05) is 24.3 Å². The van der Waals surface area contributed by atoms with E-state index in [1.165, 1.54) is 6.07 Å². The number of carbonyl (C=O) groups is 1. The van der Waals surface area contributed by atoms with E-state index in [1.54, 1.807) is 23.1 Å². The molecule has 1 amide bonds. The van der Waals surface area contributed by atoms with Gasteiger partial charge in [-0.2, -0.15) is 0 Å². The third-order valence-electron chi connectivity index (χ3n) is 4.65. The minimum absolute atomic E-state index is 0.109. The summed E-state index contributed by atoms with van der Waals surface area (Å²) in [5.41, 5.74) is 2.42. The van der Waals surface area contributed by atoms with Crippen molar-refractivity contribution in [3.63, 3.8) is 0 Å². The molecule has 2 aromatic carbocycles. The summed E-state index contributed by atoms with van der Waals surface area (Å²) >= 11 is 0. The predicted octanol–water partition coefficient (Wildman–Crippen LogP) is 3.84. The van der Waals surface area contributed by atoms with Crippen molar-refractivity contribution < 1.29 is 13.6 Å². The first-order chi connectivity index (χ1) is 12.1. The number of halogens is 1. The van der Waals surface area contributed by atoms with Crippen LogP contribution in [0.4, 0.5) is 10.1 Å². The summed E-state index contributed by atoms with van der Waals surface area (Å²) in [6, 6.07) is 14.4. The smallest absolute Gasteiger partial charge is 0.289 e. The maximum absolute atomic E-state index is 13.9. The average Bonchev–Trinajstić information content (AvgIpc) is 3.05. The Balaban J connectivity index is 1.48. The lowest BCUT2D eigenvalue weighted by Crippen LogP contribution is -2.49. The maximum atomic E-state index is 13.9. The normalized spacial score (nSPS) is 15.0. The summed E-state index contributed by atoms with van der Waals surface area (Å²) in [4.78, 5) is 16.4. The second kappa shape index (κ2) is 6.24. The fourth-order valence-electron chi connectivity index (χ4n) is 3.26. The summed E-state index contributed by atoms with van der Waals surface area (Å²) in [6.45, 7) is 4.29. The van der Waals surface area contributed by atoms with E-state index >= 15 is 0 Å². The van der Waals surface area contributed by atoms with Crippen molar-refractivity contribution in [2.24, 2.45) is 0 Å². The van der Waals surface area contributed by atoms with E-state index in [9.17, 15) is 9.18 Å². The second-order valence-electron chi connectivity index (χ2n) is 6.38. The van der Waals surface area contributed by atoms with Crippen molar-refractivity contribution in [2.45, 2.75) is 6.92 Å². The van der Waals surface area contributed by atoms with Crippen LogP contribution in [0.25, 0.3) is 11.0 Å². The van der Waals surface area contributed by atoms with Crippen LogP contribution in [0.15, 0.2) is 52.9 Å². The lowest BCUT2D eigenvalue weighted by atomic mass is 10.2. The molecule has 0 spiro atoms. The van der Waals surface area contributed by atoms with Gasteiger partial charge in [-0.15, -0.1) is 0 Å². The fourth-order valence-corrected chi connectivity index (χ4v) is 3.26. The molecular weight excluding hydrogens is 319 g/mol. The first-order valence-electron chi connectivity index (χ1n) is 8.41. The Morgan fingerprint density at radius 1 is 1.04 bits per heavy atom. The molecule has 128 valence electrons. The number of aryl methyl sites for hydroxylation is 1. The number of para-hydroxylation sites is 1. The van der Waals surface area contributed by atoms with Crippen LogP contribution in [0.2, 0.25) is 0 Å². The van der Waals surface area contributed by atoms with Crippen LogP contribution in [0.5, 0.6) is 0 Å². The van der Waals surface area contributed by atoms with Crippen LogP contribution in [-0.2, 0) is 0 Å². The number of benzene rings is 2. The number of rotatable bonds is 2. The van der Waals surface area contributed by atoms with Crippen molar-refractivity contribution >= 4 is 22.6 Å². The Morgan fingerprint density at radius 3 is 2.56 bits per heavy atom. The third-order valence-corrected chi connectivity index (χ3v) is 4.65. The van der Waals surface area contributed by atoms with E-state index in [0.717, 1.165) is 16.5 Å². The highest BCUT2D eigenvalue weighted by Crippen LogP contribution is 2.24. The van der Waals surface area contributed by atoms with Crippen molar-refractivity contribution in [1.82, 2.24) is 4.90 Å². The SMILES string of the molecule is Cc1ccc2cc(C(=O)N3CCN(c4ccccc4F)CC3)oc2c1. The molecule has 4 nitrogen and oxygen atoms in total. The molecule has 0 bridgehead atoms. The summed E-state index contributed by atoms with van der Waals surface area (Å²) in [5, 5.41) is 0.930. The van der Waals surface area contributed by atoms with Gasteiger partial charge < -0.3 is 14.2 Å². The first kappa shape index (κ1) is 15.7. The van der Waals surface area contributed by atoms with Crippen LogP contribution in [0.1, 0.15) is 16.1 Å². The van der Waals surface area contributed by atoms with Gasteiger partial charge in [-0.25, -0.2) is 4.39 Å². The molecule has 2 heterocycles. The lowest BCUT2D eigenvalue weighted by molar-refractivity contribution is 0.0717. The van der Waals surface area contributed by atoms with E-state index in [2.05, 4.69) is 0 Å². The van der Waals surface area contributed by atoms with E-state index in [1.807, 2.05) is 36.1 Å². The molecule has 25 heavy (non-hydrogen) atoms. The van der Waals surface area contributed by atoms with Crippen LogP contribution in [0.3, 0.4) is 0 Å². The van der Waals surface area contributed by atoms with Gasteiger partial charge in [0.15, 0.2) is 5.76 Å². The van der Waals surface area contributed by atoms with Gasteiger partial charge in [-0.3, -0.25) is 4.79 Å². The van der Waals surface area contributed by atoms with E-state index < -0.39 is 0 Å². The second-order valence-corrected chi connectivity index (χ2v) is 6.38. The highest BCUT2D eigenvalue weighted by Gasteiger charge is 2.25. The molecule has 3 aromatic rings. The molecule has 1 fully saturated rings. The van der Waals surface area contributed by atoms with E-state index in [0.29, 0.717) is 37.6 Å².